The molecule has 2 aromatic carbocycles. The van der Waals surface area contributed by atoms with Gasteiger partial charge in [0.25, 0.3) is 0 Å². The van der Waals surface area contributed by atoms with Crippen LogP contribution in [0.1, 0.15) is 13.3 Å². The number of hydrogen-bond acceptors (Lipinski definition) is 2. The minimum atomic E-state index is -0.597. The maximum absolute atomic E-state index is 11.8. The Labute approximate surface area is 120 Å². The summed E-state index contributed by atoms with van der Waals surface area (Å²) in [6.45, 7) is 1.82. The summed E-state index contributed by atoms with van der Waals surface area (Å²) >= 11 is 3.42. The van der Waals surface area contributed by atoms with Crippen LogP contribution in [0.2, 0.25) is 0 Å². The van der Waals surface area contributed by atoms with Crippen LogP contribution in [0.15, 0.2) is 40.9 Å². The Hall–Kier alpha value is -1.86. The fraction of sp³-hybridized carbons (Fsp3) is 0.200. The second-order valence-electron chi connectivity index (χ2n) is 4.29. The van der Waals surface area contributed by atoms with Crippen molar-refractivity contribution in [1.82, 2.24) is 0 Å². The minimum Gasteiger partial charge on any atom is -0.325 e. The van der Waals surface area contributed by atoms with E-state index in [1.807, 2.05) is 49.4 Å². The second kappa shape index (κ2) is 5.85. The fourth-order valence-corrected chi connectivity index (χ4v) is 2.24. The smallest absolute Gasteiger partial charge is 0.241 e. The van der Waals surface area contributed by atoms with E-state index in [0.29, 0.717) is 12.1 Å². The number of nitrogens with one attached hydrogen (secondary N) is 1. The molecule has 0 spiro atoms. The van der Waals surface area contributed by atoms with E-state index in [2.05, 4.69) is 21.2 Å². The van der Waals surface area contributed by atoms with Crippen LogP contribution in [-0.2, 0) is 4.79 Å². The van der Waals surface area contributed by atoms with Gasteiger partial charge in [-0.15, -0.1) is 0 Å². The number of anilines is 1. The van der Waals surface area contributed by atoms with E-state index < -0.39 is 5.92 Å². The summed E-state index contributed by atoms with van der Waals surface area (Å²) in [6, 6.07) is 13.7. The van der Waals surface area contributed by atoms with Crippen LogP contribution >= 0.6 is 15.9 Å². The highest BCUT2D eigenvalue weighted by Gasteiger charge is 2.15. The molecule has 0 aliphatic rings. The molecule has 96 valence electrons. The summed E-state index contributed by atoms with van der Waals surface area (Å²) in [5, 5.41) is 13.8. The van der Waals surface area contributed by atoms with Gasteiger partial charge in [-0.25, -0.2) is 0 Å². The molecule has 0 saturated heterocycles. The average molecular weight is 317 g/mol. The molecule has 0 heterocycles. The van der Waals surface area contributed by atoms with Crippen molar-refractivity contribution in [3.05, 3.63) is 40.9 Å². The molecule has 4 heteroatoms. The number of carbonyl (C=O) groups excluding carboxylic acids is 1. The summed E-state index contributed by atoms with van der Waals surface area (Å²) in [5.74, 6) is -0.845. The van der Waals surface area contributed by atoms with Gasteiger partial charge in [-0.3, -0.25) is 4.79 Å². The zero-order valence-corrected chi connectivity index (χ0v) is 12.1. The summed E-state index contributed by atoms with van der Waals surface area (Å²) < 4.78 is 1.02. The Balaban J connectivity index is 2.25. The van der Waals surface area contributed by atoms with Crippen LogP contribution in [0.3, 0.4) is 0 Å². The van der Waals surface area contributed by atoms with Crippen molar-refractivity contribution in [3.8, 4) is 6.07 Å². The van der Waals surface area contributed by atoms with Gasteiger partial charge in [-0.2, -0.15) is 5.26 Å². The molecule has 0 aromatic heterocycles. The molecule has 1 unspecified atom stereocenters. The monoisotopic (exact) mass is 316 g/mol. The van der Waals surface area contributed by atoms with E-state index in [0.717, 1.165) is 15.2 Å². The molecule has 0 aliphatic carbocycles. The molecule has 1 atom stereocenters. The normalized spacial score (nSPS) is 11.8. The van der Waals surface area contributed by atoms with Crippen molar-refractivity contribution >= 4 is 38.3 Å². The highest BCUT2D eigenvalue weighted by molar-refractivity contribution is 9.10. The minimum absolute atomic E-state index is 0.249. The van der Waals surface area contributed by atoms with Gasteiger partial charge in [0.05, 0.1) is 6.07 Å². The van der Waals surface area contributed by atoms with E-state index in [1.165, 1.54) is 0 Å². The zero-order valence-electron chi connectivity index (χ0n) is 10.5. The lowest BCUT2D eigenvalue weighted by molar-refractivity contribution is -0.118. The van der Waals surface area contributed by atoms with Crippen LogP contribution in [0.25, 0.3) is 10.8 Å². The van der Waals surface area contributed by atoms with Gasteiger partial charge in [0.1, 0.15) is 5.92 Å². The first-order chi connectivity index (χ1) is 9.13. The molecule has 0 aliphatic heterocycles. The van der Waals surface area contributed by atoms with Crippen LogP contribution < -0.4 is 5.32 Å². The number of carbonyl (C=O) groups is 1. The molecule has 1 amide bonds. The van der Waals surface area contributed by atoms with Crippen molar-refractivity contribution in [2.24, 2.45) is 5.92 Å². The first-order valence-corrected chi connectivity index (χ1v) is 6.83. The highest BCUT2D eigenvalue weighted by atomic mass is 79.9. The number of hydrogen-bond donors (Lipinski definition) is 1. The predicted molar refractivity (Wildman–Crippen MR) is 79.7 cm³/mol. The lowest BCUT2D eigenvalue weighted by Crippen LogP contribution is -2.20. The standard InChI is InChI=1S/C15H13BrN2O/c1-2-10(9-17)15(19)18-14-6-4-11-7-13(16)5-3-12(11)8-14/h3-8,10H,2H2,1H3,(H,18,19). The van der Waals surface area contributed by atoms with Crippen LogP contribution in [-0.4, -0.2) is 5.91 Å². The molecule has 0 bridgehead atoms. The van der Waals surface area contributed by atoms with E-state index in [4.69, 9.17) is 5.26 Å². The SMILES string of the molecule is CCC(C#N)C(=O)Nc1ccc2cc(Br)ccc2c1. The van der Waals surface area contributed by atoms with Crippen LogP contribution in [0.5, 0.6) is 0 Å². The Bertz CT molecular complexity index is 661. The van der Waals surface area contributed by atoms with E-state index in [1.54, 1.807) is 0 Å². The van der Waals surface area contributed by atoms with Gasteiger partial charge >= 0.3 is 0 Å². The van der Waals surface area contributed by atoms with Crippen molar-refractivity contribution in [3.63, 3.8) is 0 Å². The molecule has 0 radical (unpaired) electrons. The molecule has 0 saturated carbocycles. The van der Waals surface area contributed by atoms with Gasteiger partial charge in [0.2, 0.25) is 5.91 Å². The lowest BCUT2D eigenvalue weighted by atomic mass is 10.1. The number of rotatable bonds is 3. The Morgan fingerprint density at radius 1 is 1.32 bits per heavy atom. The number of amides is 1. The van der Waals surface area contributed by atoms with Gasteiger partial charge < -0.3 is 5.32 Å². The maximum Gasteiger partial charge on any atom is 0.241 e. The highest BCUT2D eigenvalue weighted by Crippen LogP contribution is 2.23. The summed E-state index contributed by atoms with van der Waals surface area (Å²) in [5.41, 5.74) is 0.716. The number of benzene rings is 2. The van der Waals surface area contributed by atoms with E-state index in [9.17, 15) is 4.79 Å². The van der Waals surface area contributed by atoms with E-state index in [-0.39, 0.29) is 5.91 Å². The number of nitriles is 1. The lowest BCUT2D eigenvalue weighted by Gasteiger charge is -2.09. The fourth-order valence-electron chi connectivity index (χ4n) is 1.86. The molecule has 0 fully saturated rings. The maximum atomic E-state index is 11.8. The molecule has 2 aromatic rings. The molecule has 19 heavy (non-hydrogen) atoms. The van der Waals surface area contributed by atoms with Crippen molar-refractivity contribution < 1.29 is 4.79 Å². The van der Waals surface area contributed by atoms with Crippen molar-refractivity contribution in [2.75, 3.05) is 5.32 Å². The largest absolute Gasteiger partial charge is 0.325 e. The Kier molecular flexibility index (Phi) is 4.18. The number of fused-ring (bicyclic) bond motifs is 1. The molecular formula is C15H13BrN2O. The third-order valence-electron chi connectivity index (χ3n) is 2.95. The Morgan fingerprint density at radius 3 is 2.68 bits per heavy atom. The van der Waals surface area contributed by atoms with Gasteiger partial charge in [-0.05, 0) is 41.5 Å². The zero-order chi connectivity index (χ0) is 13.8. The molecule has 1 N–H and O–H groups in total. The summed E-state index contributed by atoms with van der Waals surface area (Å²) in [4.78, 5) is 11.8. The first kappa shape index (κ1) is 13.6. The average Bonchev–Trinajstić information content (AvgIpc) is 2.40. The summed E-state index contributed by atoms with van der Waals surface area (Å²) in [6.07, 6.45) is 0.517. The van der Waals surface area contributed by atoms with Crippen LogP contribution in [0.4, 0.5) is 5.69 Å². The third kappa shape index (κ3) is 3.12. The quantitative estimate of drug-likeness (QED) is 0.927. The molecule has 3 nitrogen and oxygen atoms in total. The number of nitrogens with zero attached hydrogens (tertiary/aromatic N) is 1. The predicted octanol–water partition coefficient (Wildman–Crippen LogP) is 4.09. The first-order valence-electron chi connectivity index (χ1n) is 6.04. The van der Waals surface area contributed by atoms with Crippen molar-refractivity contribution in [2.45, 2.75) is 13.3 Å². The Morgan fingerprint density at radius 2 is 2.00 bits per heavy atom. The number of halogens is 1. The van der Waals surface area contributed by atoms with E-state index >= 15 is 0 Å². The topological polar surface area (TPSA) is 52.9 Å². The molecule has 2 rings (SSSR count). The molecular weight excluding hydrogens is 304 g/mol. The van der Waals surface area contributed by atoms with Gasteiger partial charge in [0.15, 0.2) is 0 Å². The summed E-state index contributed by atoms with van der Waals surface area (Å²) in [7, 11) is 0. The second-order valence-corrected chi connectivity index (χ2v) is 5.20. The van der Waals surface area contributed by atoms with Crippen LogP contribution in [0, 0.1) is 17.2 Å². The third-order valence-corrected chi connectivity index (χ3v) is 3.44. The van der Waals surface area contributed by atoms with Crippen molar-refractivity contribution in [1.29, 1.82) is 5.26 Å². The van der Waals surface area contributed by atoms with Gasteiger partial charge in [0, 0.05) is 10.2 Å². The van der Waals surface area contributed by atoms with Gasteiger partial charge in [-0.1, -0.05) is 35.0 Å².